The molecular weight excluding hydrogens is 465 g/mol. The number of rotatable bonds is 4. The van der Waals surface area contributed by atoms with Crippen LogP contribution in [-0.4, -0.2) is 62.8 Å². The number of halogens is 3. The van der Waals surface area contributed by atoms with Crippen LogP contribution in [0.4, 0.5) is 18.9 Å². The summed E-state index contributed by atoms with van der Waals surface area (Å²) in [5.41, 5.74) is 1.94. The molecule has 2 amide bonds. The largest absolute Gasteiger partial charge is 0.495 e. The number of fused-ring (bicyclic) bond motifs is 2. The number of ether oxygens (including phenoxy) is 1. The van der Waals surface area contributed by atoms with Crippen molar-refractivity contribution in [1.82, 2.24) is 24.6 Å². The van der Waals surface area contributed by atoms with Gasteiger partial charge in [0.15, 0.2) is 0 Å². The minimum Gasteiger partial charge on any atom is -0.495 e. The lowest BCUT2D eigenvalue weighted by atomic mass is 9.84. The van der Waals surface area contributed by atoms with E-state index >= 15 is 0 Å². The van der Waals surface area contributed by atoms with Crippen molar-refractivity contribution in [1.29, 1.82) is 0 Å². The van der Waals surface area contributed by atoms with E-state index in [0.717, 1.165) is 4.68 Å². The minimum atomic E-state index is -4.46. The van der Waals surface area contributed by atoms with Gasteiger partial charge in [0.25, 0.3) is 5.91 Å². The summed E-state index contributed by atoms with van der Waals surface area (Å²) in [5, 5.41) is 3.81. The average molecular weight is 486 g/mol. The van der Waals surface area contributed by atoms with Gasteiger partial charge < -0.3 is 9.64 Å². The number of nitrogens with zero attached hydrogens (tertiary/aromatic N) is 6. The fraction of sp³-hybridized carbons (Fsp3) is 0.348. The Morgan fingerprint density at radius 1 is 1.20 bits per heavy atom. The number of amides is 2. The number of alkyl halides is 3. The Bertz CT molecular complexity index is 1350. The van der Waals surface area contributed by atoms with Crippen LogP contribution in [0.15, 0.2) is 36.9 Å². The average Bonchev–Trinajstić information content (AvgIpc) is 3.30. The first kappa shape index (κ1) is 22.8. The molecule has 0 aromatic carbocycles. The Labute approximate surface area is 198 Å². The molecule has 5 rings (SSSR count). The summed E-state index contributed by atoms with van der Waals surface area (Å²) in [6.45, 7) is 2.25. The van der Waals surface area contributed by atoms with Crippen molar-refractivity contribution in [2.45, 2.75) is 32.1 Å². The highest BCUT2D eigenvalue weighted by atomic mass is 19.4. The predicted octanol–water partition coefficient (Wildman–Crippen LogP) is 2.94. The minimum absolute atomic E-state index is 0.164. The number of likely N-dealkylation sites (tertiary alicyclic amines) is 1. The topological polar surface area (TPSA) is 93.5 Å². The molecule has 2 aliphatic rings. The number of carbonyl (C=O) groups excluding carboxylic acids is 2. The van der Waals surface area contributed by atoms with E-state index in [9.17, 15) is 22.8 Å². The SMILES string of the molecule is COc1cncc(-c2cc(C)c3c(n2)C2(CN(C(C)=O)C2)N(c2cnn(CC(F)(F)F)c2)C3=O)c1. The molecule has 0 aliphatic carbocycles. The van der Waals surface area contributed by atoms with Crippen LogP contribution in [0.5, 0.6) is 5.75 Å². The van der Waals surface area contributed by atoms with Crippen LogP contribution in [0.1, 0.15) is 28.5 Å². The number of hydrogen-bond donors (Lipinski definition) is 0. The molecule has 2 aliphatic heterocycles. The van der Waals surface area contributed by atoms with Gasteiger partial charge in [0.1, 0.15) is 17.8 Å². The molecule has 182 valence electrons. The van der Waals surface area contributed by atoms with Gasteiger partial charge in [-0.25, -0.2) is 4.98 Å². The normalized spacial score (nSPS) is 16.5. The van der Waals surface area contributed by atoms with Gasteiger partial charge >= 0.3 is 6.18 Å². The van der Waals surface area contributed by atoms with Gasteiger partial charge in [0.05, 0.1) is 55.2 Å². The van der Waals surface area contributed by atoms with Crippen molar-refractivity contribution in [3.8, 4) is 17.0 Å². The second-order valence-corrected chi connectivity index (χ2v) is 8.72. The van der Waals surface area contributed by atoms with E-state index in [1.165, 1.54) is 31.3 Å². The molecule has 1 spiro atoms. The Morgan fingerprint density at radius 3 is 2.60 bits per heavy atom. The summed E-state index contributed by atoms with van der Waals surface area (Å²) < 4.78 is 44.7. The zero-order valence-electron chi connectivity index (χ0n) is 19.1. The van der Waals surface area contributed by atoms with Crippen LogP contribution in [0.2, 0.25) is 0 Å². The first-order valence-corrected chi connectivity index (χ1v) is 10.7. The monoisotopic (exact) mass is 486 g/mol. The van der Waals surface area contributed by atoms with Crippen molar-refractivity contribution in [3.63, 3.8) is 0 Å². The van der Waals surface area contributed by atoms with Crippen molar-refractivity contribution in [2.75, 3.05) is 25.1 Å². The Morgan fingerprint density at radius 2 is 1.94 bits per heavy atom. The van der Waals surface area contributed by atoms with Gasteiger partial charge in [0, 0.05) is 24.9 Å². The van der Waals surface area contributed by atoms with Crippen molar-refractivity contribution < 1.29 is 27.5 Å². The number of anilines is 1. The second-order valence-electron chi connectivity index (χ2n) is 8.72. The molecule has 0 unspecified atom stereocenters. The van der Waals surface area contributed by atoms with Gasteiger partial charge in [0.2, 0.25) is 5.91 Å². The van der Waals surface area contributed by atoms with E-state index < -0.39 is 24.2 Å². The summed E-state index contributed by atoms with van der Waals surface area (Å²) in [7, 11) is 1.53. The maximum atomic E-state index is 13.6. The standard InChI is InChI=1S/C23H21F3N6O3/c1-13-4-18(15-5-17(35-3)8-27-6-15)29-20-19(13)21(34)32(22(20)10-30(11-22)14(2)33)16-7-28-31(9-16)12-23(24,25)26/h4-9H,10-12H2,1-3H3. The highest BCUT2D eigenvalue weighted by Crippen LogP contribution is 2.48. The van der Waals surface area contributed by atoms with E-state index in [2.05, 4.69) is 10.1 Å². The van der Waals surface area contributed by atoms with E-state index in [0.29, 0.717) is 33.8 Å². The van der Waals surface area contributed by atoms with Crippen LogP contribution in [-0.2, 0) is 16.9 Å². The predicted molar refractivity (Wildman–Crippen MR) is 118 cm³/mol. The third kappa shape index (κ3) is 3.69. The zero-order chi connectivity index (χ0) is 25.1. The van der Waals surface area contributed by atoms with Gasteiger partial charge in [-0.3, -0.25) is 24.2 Å². The van der Waals surface area contributed by atoms with Gasteiger partial charge in [-0.15, -0.1) is 0 Å². The molecule has 0 N–H and O–H groups in total. The summed E-state index contributed by atoms with van der Waals surface area (Å²) in [6, 6.07) is 3.53. The molecule has 0 saturated carbocycles. The van der Waals surface area contributed by atoms with Crippen LogP contribution in [0.3, 0.4) is 0 Å². The van der Waals surface area contributed by atoms with E-state index in [-0.39, 0.29) is 24.7 Å². The molecule has 5 heterocycles. The zero-order valence-corrected chi connectivity index (χ0v) is 19.1. The fourth-order valence-electron chi connectivity index (χ4n) is 4.71. The first-order chi connectivity index (χ1) is 16.5. The van der Waals surface area contributed by atoms with Crippen molar-refractivity contribution >= 4 is 17.5 Å². The second kappa shape index (κ2) is 7.79. The molecule has 0 atom stereocenters. The quantitative estimate of drug-likeness (QED) is 0.563. The number of pyridine rings is 2. The summed E-state index contributed by atoms with van der Waals surface area (Å²) in [4.78, 5) is 37.6. The van der Waals surface area contributed by atoms with E-state index in [1.54, 1.807) is 36.4 Å². The Hall–Kier alpha value is -3.96. The lowest BCUT2D eigenvalue weighted by Crippen LogP contribution is -2.67. The summed E-state index contributed by atoms with van der Waals surface area (Å²) >= 11 is 0. The van der Waals surface area contributed by atoms with Crippen LogP contribution in [0, 0.1) is 6.92 Å². The van der Waals surface area contributed by atoms with Crippen LogP contribution in [0.25, 0.3) is 11.3 Å². The summed E-state index contributed by atoms with van der Waals surface area (Å²) in [5.74, 6) is -0.0254. The molecule has 12 heteroatoms. The number of methoxy groups -OCH3 is 1. The highest BCUT2D eigenvalue weighted by Gasteiger charge is 2.60. The number of aromatic nitrogens is 4. The number of hydrogen-bond acceptors (Lipinski definition) is 6. The molecule has 9 nitrogen and oxygen atoms in total. The van der Waals surface area contributed by atoms with Crippen molar-refractivity contribution in [3.05, 3.63) is 53.7 Å². The maximum absolute atomic E-state index is 13.6. The van der Waals surface area contributed by atoms with Crippen molar-refractivity contribution in [2.24, 2.45) is 0 Å². The molecular formula is C23H21F3N6O3. The summed E-state index contributed by atoms with van der Waals surface area (Å²) in [6.07, 6.45) is 1.15. The molecule has 3 aromatic heterocycles. The maximum Gasteiger partial charge on any atom is 0.408 e. The van der Waals surface area contributed by atoms with Crippen LogP contribution < -0.4 is 9.64 Å². The Balaban J connectivity index is 1.62. The molecule has 1 fully saturated rings. The first-order valence-electron chi connectivity index (χ1n) is 10.7. The highest BCUT2D eigenvalue weighted by molar-refractivity contribution is 6.13. The third-order valence-electron chi connectivity index (χ3n) is 6.32. The van der Waals surface area contributed by atoms with Gasteiger partial charge in [-0.05, 0) is 24.6 Å². The number of aryl methyl sites for hydroxylation is 1. The van der Waals surface area contributed by atoms with E-state index in [4.69, 9.17) is 9.72 Å². The van der Waals surface area contributed by atoms with Gasteiger partial charge in [-0.2, -0.15) is 18.3 Å². The Kier molecular flexibility index (Phi) is 5.08. The lowest BCUT2D eigenvalue weighted by Gasteiger charge is -2.51. The molecule has 1 saturated heterocycles. The molecule has 35 heavy (non-hydrogen) atoms. The lowest BCUT2D eigenvalue weighted by molar-refractivity contribution is -0.142. The molecule has 0 bridgehead atoms. The van der Waals surface area contributed by atoms with Crippen LogP contribution >= 0.6 is 0 Å². The van der Waals surface area contributed by atoms with E-state index in [1.807, 2.05) is 0 Å². The molecule has 3 aromatic rings. The number of carbonyl (C=O) groups is 2. The van der Waals surface area contributed by atoms with Gasteiger partial charge in [-0.1, -0.05) is 0 Å². The molecule has 0 radical (unpaired) electrons. The fourth-order valence-corrected chi connectivity index (χ4v) is 4.71. The third-order valence-corrected chi connectivity index (χ3v) is 6.32. The smallest absolute Gasteiger partial charge is 0.408 e.